The Hall–Kier alpha value is -1.23. The molecule has 0 aliphatic carbocycles. The highest BCUT2D eigenvalue weighted by Crippen LogP contribution is 2.26. The largest absolute Gasteiger partial charge is 0.399 e. The first-order valence-corrected chi connectivity index (χ1v) is 6.10. The Kier molecular flexibility index (Phi) is 3.80. The lowest BCUT2D eigenvalue weighted by Crippen LogP contribution is -2.18. The van der Waals surface area contributed by atoms with E-state index in [1.54, 1.807) is 0 Å². The number of benzene rings is 1. The van der Waals surface area contributed by atoms with Crippen LogP contribution in [0.15, 0.2) is 18.2 Å². The Balaban J connectivity index is 1.75. The van der Waals surface area contributed by atoms with Crippen LogP contribution in [0.1, 0.15) is 30.4 Å². The first-order chi connectivity index (χ1) is 8.44. The van der Waals surface area contributed by atoms with Gasteiger partial charge in [0.15, 0.2) is 0 Å². The number of rotatable bonds is 4. The van der Waals surface area contributed by atoms with Gasteiger partial charge in [-0.25, -0.2) is 0 Å². The topological polar surface area (TPSA) is 29.3 Å². The highest BCUT2D eigenvalue weighted by Gasteiger charge is 2.26. The molecular formula is C13H17F3N2. The van der Waals surface area contributed by atoms with Gasteiger partial charge in [-0.2, -0.15) is 13.2 Å². The highest BCUT2D eigenvalue weighted by atomic mass is 19.4. The number of nitrogen functional groups attached to an aromatic ring is 1. The predicted molar refractivity (Wildman–Crippen MR) is 64.9 cm³/mol. The lowest BCUT2D eigenvalue weighted by molar-refractivity contribution is -0.135. The maximum Gasteiger partial charge on any atom is 0.389 e. The van der Waals surface area contributed by atoms with Gasteiger partial charge < -0.3 is 5.73 Å². The van der Waals surface area contributed by atoms with E-state index in [1.165, 1.54) is 11.1 Å². The maximum atomic E-state index is 12.0. The van der Waals surface area contributed by atoms with E-state index >= 15 is 0 Å². The van der Waals surface area contributed by atoms with Gasteiger partial charge in [0.2, 0.25) is 0 Å². The van der Waals surface area contributed by atoms with E-state index in [1.807, 2.05) is 18.2 Å². The molecule has 0 unspecified atom stereocenters. The minimum absolute atomic E-state index is 0.207. The van der Waals surface area contributed by atoms with Gasteiger partial charge in [0.25, 0.3) is 0 Å². The Morgan fingerprint density at radius 2 is 1.83 bits per heavy atom. The Bertz CT molecular complexity index is 415. The smallest absolute Gasteiger partial charge is 0.389 e. The van der Waals surface area contributed by atoms with Crippen molar-refractivity contribution in [1.29, 1.82) is 0 Å². The molecule has 2 rings (SSSR count). The van der Waals surface area contributed by atoms with Gasteiger partial charge in [-0.3, -0.25) is 4.90 Å². The van der Waals surface area contributed by atoms with E-state index in [0.717, 1.165) is 18.8 Å². The monoisotopic (exact) mass is 258 g/mol. The van der Waals surface area contributed by atoms with Gasteiger partial charge in [-0.15, -0.1) is 0 Å². The molecule has 0 saturated carbocycles. The van der Waals surface area contributed by atoms with Crippen molar-refractivity contribution in [1.82, 2.24) is 4.90 Å². The van der Waals surface area contributed by atoms with Crippen molar-refractivity contribution in [2.75, 3.05) is 12.3 Å². The van der Waals surface area contributed by atoms with Crippen molar-refractivity contribution in [3.8, 4) is 0 Å². The molecule has 1 aliphatic rings. The lowest BCUT2D eigenvalue weighted by Gasteiger charge is -2.14. The number of nitrogens with zero attached hydrogens (tertiary/aromatic N) is 1. The van der Waals surface area contributed by atoms with Crippen LogP contribution in [0, 0.1) is 0 Å². The molecule has 100 valence electrons. The molecule has 2 N–H and O–H groups in total. The summed E-state index contributed by atoms with van der Waals surface area (Å²) in [6.07, 6.45) is -3.91. The van der Waals surface area contributed by atoms with Gasteiger partial charge in [-0.05, 0) is 42.6 Å². The molecule has 1 aromatic rings. The van der Waals surface area contributed by atoms with Crippen LogP contribution in [-0.2, 0) is 13.1 Å². The van der Waals surface area contributed by atoms with E-state index < -0.39 is 12.6 Å². The van der Waals surface area contributed by atoms with Crippen LogP contribution in [0.25, 0.3) is 0 Å². The molecule has 0 fully saturated rings. The quantitative estimate of drug-likeness (QED) is 0.663. The average molecular weight is 258 g/mol. The molecule has 18 heavy (non-hydrogen) atoms. The zero-order valence-electron chi connectivity index (χ0n) is 10.1. The van der Waals surface area contributed by atoms with Gasteiger partial charge in [0, 0.05) is 25.2 Å². The van der Waals surface area contributed by atoms with Crippen molar-refractivity contribution >= 4 is 5.69 Å². The number of anilines is 1. The Labute approximate surface area is 105 Å². The minimum atomic E-state index is -4.03. The molecule has 2 nitrogen and oxygen atoms in total. The third-order valence-corrected chi connectivity index (χ3v) is 3.20. The SMILES string of the molecule is Nc1ccc2c(c1)CN(CCCCC(F)(F)F)C2. The summed E-state index contributed by atoms with van der Waals surface area (Å²) in [6.45, 7) is 2.33. The molecule has 1 aromatic carbocycles. The van der Waals surface area contributed by atoms with E-state index in [2.05, 4.69) is 4.90 Å². The molecule has 0 saturated heterocycles. The molecule has 1 heterocycles. The van der Waals surface area contributed by atoms with Crippen molar-refractivity contribution in [2.45, 2.75) is 38.5 Å². The summed E-state index contributed by atoms with van der Waals surface area (Å²) in [4.78, 5) is 2.17. The fraction of sp³-hybridized carbons (Fsp3) is 0.538. The zero-order valence-corrected chi connectivity index (χ0v) is 10.1. The minimum Gasteiger partial charge on any atom is -0.399 e. The van der Waals surface area contributed by atoms with Crippen LogP contribution in [0.5, 0.6) is 0 Å². The summed E-state index contributed by atoms with van der Waals surface area (Å²) in [5.74, 6) is 0. The molecule has 0 aromatic heterocycles. The van der Waals surface area contributed by atoms with Crippen LogP contribution in [0.2, 0.25) is 0 Å². The number of alkyl halides is 3. The van der Waals surface area contributed by atoms with E-state index in [4.69, 9.17) is 5.73 Å². The highest BCUT2D eigenvalue weighted by molar-refractivity contribution is 5.46. The summed E-state index contributed by atoms with van der Waals surface area (Å²) in [7, 11) is 0. The molecule has 0 amide bonds. The second-order valence-electron chi connectivity index (χ2n) is 4.81. The van der Waals surface area contributed by atoms with Crippen LogP contribution < -0.4 is 5.73 Å². The zero-order chi connectivity index (χ0) is 13.2. The van der Waals surface area contributed by atoms with Gasteiger partial charge in [-0.1, -0.05) is 6.07 Å². The lowest BCUT2D eigenvalue weighted by atomic mass is 10.1. The summed E-state index contributed by atoms with van der Waals surface area (Å²) in [6, 6.07) is 5.82. The summed E-state index contributed by atoms with van der Waals surface area (Å²) in [5.41, 5.74) is 8.88. The first kappa shape index (κ1) is 13.2. The molecule has 0 bridgehead atoms. The van der Waals surface area contributed by atoms with Crippen molar-refractivity contribution in [3.05, 3.63) is 29.3 Å². The number of nitrogens with two attached hydrogens (primary N) is 1. The number of hydrogen-bond donors (Lipinski definition) is 1. The fourth-order valence-corrected chi connectivity index (χ4v) is 2.30. The van der Waals surface area contributed by atoms with Crippen LogP contribution >= 0.6 is 0 Å². The van der Waals surface area contributed by atoms with Gasteiger partial charge in [0.05, 0.1) is 0 Å². The first-order valence-electron chi connectivity index (χ1n) is 6.10. The summed E-state index contributed by atoms with van der Waals surface area (Å²) in [5, 5.41) is 0. The second-order valence-corrected chi connectivity index (χ2v) is 4.81. The number of hydrogen-bond acceptors (Lipinski definition) is 2. The van der Waals surface area contributed by atoms with Gasteiger partial charge >= 0.3 is 6.18 Å². The normalized spacial score (nSPS) is 15.9. The van der Waals surface area contributed by atoms with Crippen LogP contribution in [-0.4, -0.2) is 17.6 Å². The van der Waals surface area contributed by atoms with E-state index in [-0.39, 0.29) is 6.42 Å². The maximum absolute atomic E-state index is 12.0. The van der Waals surface area contributed by atoms with Crippen molar-refractivity contribution < 1.29 is 13.2 Å². The second kappa shape index (κ2) is 5.18. The van der Waals surface area contributed by atoms with E-state index in [0.29, 0.717) is 13.0 Å². The third kappa shape index (κ3) is 3.63. The van der Waals surface area contributed by atoms with Crippen LogP contribution in [0.3, 0.4) is 0 Å². The average Bonchev–Trinajstić information content (AvgIpc) is 2.65. The third-order valence-electron chi connectivity index (χ3n) is 3.20. The van der Waals surface area contributed by atoms with Crippen molar-refractivity contribution in [3.63, 3.8) is 0 Å². The molecule has 5 heteroatoms. The molecule has 1 aliphatic heterocycles. The molecule has 0 atom stereocenters. The Morgan fingerprint density at radius 3 is 2.56 bits per heavy atom. The number of fused-ring (bicyclic) bond motifs is 1. The van der Waals surface area contributed by atoms with Crippen molar-refractivity contribution in [2.24, 2.45) is 0 Å². The summed E-state index contributed by atoms with van der Waals surface area (Å²) < 4.78 is 36.0. The number of halogens is 3. The fourth-order valence-electron chi connectivity index (χ4n) is 2.30. The molecule has 0 radical (unpaired) electrons. The van der Waals surface area contributed by atoms with E-state index in [9.17, 15) is 13.2 Å². The predicted octanol–water partition coefficient (Wildman–Crippen LogP) is 3.32. The van der Waals surface area contributed by atoms with Crippen LogP contribution in [0.4, 0.5) is 18.9 Å². The molecular weight excluding hydrogens is 241 g/mol. The molecule has 0 spiro atoms. The number of unbranched alkanes of at least 4 members (excludes halogenated alkanes) is 1. The Morgan fingerprint density at radius 1 is 1.11 bits per heavy atom. The van der Waals surface area contributed by atoms with Gasteiger partial charge in [0.1, 0.15) is 0 Å². The standard InChI is InChI=1S/C13H17F3N2/c14-13(15,16)5-1-2-6-18-8-10-3-4-12(17)7-11(10)9-18/h3-4,7H,1-2,5-6,8-9,17H2. The summed E-state index contributed by atoms with van der Waals surface area (Å²) >= 11 is 0.